The molecule has 0 amide bonds. The minimum absolute atomic E-state index is 0.627. The molecular weight excluding hydrogens is 418 g/mol. The second-order valence-electron chi connectivity index (χ2n) is 8.43. The monoisotopic (exact) mass is 435 g/mol. The second kappa shape index (κ2) is 7.06. The van der Waals surface area contributed by atoms with Gasteiger partial charge in [-0.25, -0.2) is 0 Å². The number of para-hydroxylation sites is 1. The molecule has 0 aliphatic heterocycles. The Bertz CT molecular complexity index is 1880. The van der Waals surface area contributed by atoms with Crippen LogP contribution < -0.4 is 0 Å². The van der Waals surface area contributed by atoms with Gasteiger partial charge in [0.1, 0.15) is 11.2 Å². The highest BCUT2D eigenvalue weighted by molar-refractivity contribution is 6.09. The van der Waals surface area contributed by atoms with E-state index in [4.69, 9.17) is 4.42 Å². The lowest BCUT2D eigenvalue weighted by Gasteiger charge is -2.10. The largest absolute Gasteiger partial charge is 0.456 e. The van der Waals surface area contributed by atoms with Gasteiger partial charge >= 0.3 is 0 Å². The van der Waals surface area contributed by atoms with Crippen molar-refractivity contribution in [3.8, 4) is 22.9 Å². The molecule has 0 saturated carbocycles. The summed E-state index contributed by atoms with van der Waals surface area (Å²) in [6.07, 6.45) is 3.77. The number of fused-ring (bicyclic) bond motifs is 6. The molecular formula is C30H17N3O. The van der Waals surface area contributed by atoms with E-state index in [9.17, 15) is 5.26 Å². The van der Waals surface area contributed by atoms with Crippen molar-refractivity contribution in [3.63, 3.8) is 0 Å². The van der Waals surface area contributed by atoms with Crippen LogP contribution in [0.2, 0.25) is 0 Å². The standard InChI is InChI=1S/C30H17N3O/c31-17-19-8-10-29-25(14-19)26-16-21(9-11-30(26)34-29)20-4-3-5-22(15-20)33-27-7-2-1-6-23(27)24-12-13-32-18-28(24)33/h1-16,18H. The Morgan fingerprint density at radius 2 is 1.47 bits per heavy atom. The van der Waals surface area contributed by atoms with Gasteiger partial charge < -0.3 is 8.98 Å². The first kappa shape index (κ1) is 18.7. The van der Waals surface area contributed by atoms with E-state index in [1.807, 2.05) is 30.6 Å². The number of nitriles is 1. The van der Waals surface area contributed by atoms with Crippen LogP contribution in [0.15, 0.2) is 108 Å². The fourth-order valence-corrected chi connectivity index (χ4v) is 4.95. The first-order valence-corrected chi connectivity index (χ1v) is 11.1. The summed E-state index contributed by atoms with van der Waals surface area (Å²) in [6, 6.07) is 33.1. The quantitative estimate of drug-likeness (QED) is 0.281. The summed E-state index contributed by atoms with van der Waals surface area (Å²) in [7, 11) is 0. The zero-order valence-electron chi connectivity index (χ0n) is 18.1. The van der Waals surface area contributed by atoms with Gasteiger partial charge in [-0.2, -0.15) is 5.26 Å². The van der Waals surface area contributed by atoms with Gasteiger partial charge in [0.2, 0.25) is 0 Å². The van der Waals surface area contributed by atoms with Crippen molar-refractivity contribution >= 4 is 43.7 Å². The third-order valence-corrected chi connectivity index (χ3v) is 6.51. The van der Waals surface area contributed by atoms with Gasteiger partial charge in [-0.05, 0) is 65.7 Å². The summed E-state index contributed by atoms with van der Waals surface area (Å²) >= 11 is 0. The van der Waals surface area contributed by atoms with Crippen LogP contribution in [0, 0.1) is 11.3 Å². The molecule has 0 bridgehead atoms. The summed E-state index contributed by atoms with van der Waals surface area (Å²) < 4.78 is 8.27. The average Bonchev–Trinajstić information content (AvgIpc) is 3.43. The first-order chi connectivity index (χ1) is 16.8. The number of aromatic nitrogens is 2. The molecule has 34 heavy (non-hydrogen) atoms. The van der Waals surface area contributed by atoms with Crippen molar-refractivity contribution in [2.24, 2.45) is 0 Å². The summed E-state index contributed by atoms with van der Waals surface area (Å²) in [5.74, 6) is 0. The zero-order chi connectivity index (χ0) is 22.6. The molecule has 4 aromatic carbocycles. The van der Waals surface area contributed by atoms with Crippen LogP contribution in [0.1, 0.15) is 5.56 Å². The van der Waals surface area contributed by atoms with E-state index < -0.39 is 0 Å². The molecule has 0 atom stereocenters. The SMILES string of the molecule is N#Cc1ccc2oc3ccc(-c4cccc(-n5c6ccccc6c6ccncc65)c4)cc3c2c1. The number of furan rings is 1. The molecule has 0 unspecified atom stereocenters. The number of nitrogens with zero attached hydrogens (tertiary/aromatic N) is 3. The van der Waals surface area contributed by atoms with Crippen LogP contribution in [-0.4, -0.2) is 9.55 Å². The molecule has 0 aliphatic carbocycles. The smallest absolute Gasteiger partial charge is 0.135 e. The number of hydrogen-bond donors (Lipinski definition) is 0. The Balaban J connectivity index is 1.44. The Labute approximate surface area is 194 Å². The van der Waals surface area contributed by atoms with Crippen molar-refractivity contribution in [1.29, 1.82) is 5.26 Å². The Hall–Kier alpha value is -4.88. The summed E-state index contributed by atoms with van der Waals surface area (Å²) in [5.41, 5.74) is 7.77. The van der Waals surface area contributed by atoms with Gasteiger partial charge in [-0.3, -0.25) is 4.98 Å². The minimum atomic E-state index is 0.627. The lowest BCUT2D eigenvalue weighted by Crippen LogP contribution is -1.94. The maximum absolute atomic E-state index is 9.32. The normalized spacial score (nSPS) is 11.5. The number of rotatable bonds is 2. The fourth-order valence-electron chi connectivity index (χ4n) is 4.95. The number of hydrogen-bond acceptors (Lipinski definition) is 3. The summed E-state index contributed by atoms with van der Waals surface area (Å²) in [5, 5.41) is 13.7. The molecule has 7 rings (SSSR count). The van der Waals surface area contributed by atoms with Crippen LogP contribution in [0.25, 0.3) is 60.6 Å². The van der Waals surface area contributed by atoms with Gasteiger partial charge in [0.15, 0.2) is 0 Å². The van der Waals surface area contributed by atoms with E-state index >= 15 is 0 Å². The van der Waals surface area contributed by atoms with Crippen molar-refractivity contribution in [1.82, 2.24) is 9.55 Å². The topological polar surface area (TPSA) is 54.8 Å². The van der Waals surface area contributed by atoms with Crippen LogP contribution in [-0.2, 0) is 0 Å². The molecule has 3 aromatic heterocycles. The molecule has 0 fully saturated rings. The predicted molar refractivity (Wildman–Crippen MR) is 136 cm³/mol. The lowest BCUT2D eigenvalue weighted by molar-refractivity contribution is 0.669. The van der Waals surface area contributed by atoms with E-state index in [0.29, 0.717) is 5.56 Å². The van der Waals surface area contributed by atoms with Gasteiger partial charge in [-0.1, -0.05) is 36.4 Å². The van der Waals surface area contributed by atoms with Crippen molar-refractivity contribution < 1.29 is 4.42 Å². The van der Waals surface area contributed by atoms with E-state index in [1.165, 1.54) is 10.8 Å². The third-order valence-electron chi connectivity index (χ3n) is 6.51. The Morgan fingerprint density at radius 1 is 0.676 bits per heavy atom. The molecule has 0 N–H and O–H groups in total. The zero-order valence-corrected chi connectivity index (χ0v) is 18.1. The highest BCUT2D eigenvalue weighted by Gasteiger charge is 2.13. The van der Waals surface area contributed by atoms with E-state index in [1.54, 1.807) is 6.07 Å². The fraction of sp³-hybridized carbons (Fsp3) is 0. The lowest BCUT2D eigenvalue weighted by atomic mass is 10.0. The van der Waals surface area contributed by atoms with E-state index in [-0.39, 0.29) is 0 Å². The second-order valence-corrected chi connectivity index (χ2v) is 8.43. The first-order valence-electron chi connectivity index (χ1n) is 11.1. The number of benzene rings is 4. The van der Waals surface area contributed by atoms with Crippen LogP contribution in [0.4, 0.5) is 0 Å². The molecule has 7 aromatic rings. The molecule has 4 nitrogen and oxygen atoms in total. The van der Waals surface area contributed by atoms with Crippen LogP contribution in [0.3, 0.4) is 0 Å². The van der Waals surface area contributed by atoms with Gasteiger partial charge in [0.05, 0.1) is 28.9 Å². The van der Waals surface area contributed by atoms with Gasteiger partial charge in [0.25, 0.3) is 0 Å². The Morgan fingerprint density at radius 3 is 2.38 bits per heavy atom. The maximum Gasteiger partial charge on any atom is 0.135 e. The minimum Gasteiger partial charge on any atom is -0.456 e. The van der Waals surface area contributed by atoms with Crippen molar-refractivity contribution in [3.05, 3.63) is 109 Å². The molecule has 0 aliphatic rings. The highest BCUT2D eigenvalue weighted by Crippen LogP contribution is 2.35. The molecule has 0 radical (unpaired) electrons. The summed E-state index contributed by atoms with van der Waals surface area (Å²) in [4.78, 5) is 4.39. The summed E-state index contributed by atoms with van der Waals surface area (Å²) in [6.45, 7) is 0. The molecule has 0 spiro atoms. The molecule has 4 heteroatoms. The van der Waals surface area contributed by atoms with Gasteiger partial charge in [0, 0.05) is 33.4 Å². The van der Waals surface area contributed by atoms with Crippen molar-refractivity contribution in [2.45, 2.75) is 0 Å². The van der Waals surface area contributed by atoms with E-state index in [0.717, 1.165) is 49.8 Å². The molecule has 0 saturated heterocycles. The predicted octanol–water partition coefficient (Wildman–Crippen LogP) is 7.62. The third kappa shape index (κ3) is 2.68. The van der Waals surface area contributed by atoms with Crippen LogP contribution >= 0.6 is 0 Å². The molecule has 3 heterocycles. The molecule has 158 valence electrons. The Kier molecular flexibility index (Phi) is 3.88. The maximum atomic E-state index is 9.32. The average molecular weight is 435 g/mol. The van der Waals surface area contributed by atoms with Crippen molar-refractivity contribution in [2.75, 3.05) is 0 Å². The van der Waals surface area contributed by atoms with Gasteiger partial charge in [-0.15, -0.1) is 0 Å². The highest BCUT2D eigenvalue weighted by atomic mass is 16.3. The van der Waals surface area contributed by atoms with Crippen LogP contribution in [0.5, 0.6) is 0 Å². The van der Waals surface area contributed by atoms with E-state index in [2.05, 4.69) is 82.4 Å². The number of pyridine rings is 1.